The largest absolute Gasteiger partial charge is 0.354 e. The molecule has 0 bridgehead atoms. The van der Waals surface area contributed by atoms with E-state index in [0.717, 1.165) is 0 Å². The highest BCUT2D eigenvalue weighted by atomic mass is 16.2. The molecule has 1 aromatic carbocycles. The fourth-order valence-electron chi connectivity index (χ4n) is 1.76. The predicted octanol–water partition coefficient (Wildman–Crippen LogP) is 0.695. The lowest BCUT2D eigenvalue weighted by Crippen LogP contribution is -2.40. The van der Waals surface area contributed by atoms with Gasteiger partial charge in [-0.25, -0.2) is 0 Å². The Morgan fingerprint density at radius 1 is 0.909 bits per heavy atom. The van der Waals surface area contributed by atoms with Crippen LogP contribution in [0.5, 0.6) is 0 Å². The van der Waals surface area contributed by atoms with E-state index in [1.807, 2.05) is 19.9 Å². The van der Waals surface area contributed by atoms with Crippen LogP contribution in [0.2, 0.25) is 0 Å². The molecule has 3 N–H and O–H groups in total. The Morgan fingerprint density at radius 2 is 1.50 bits per heavy atom. The standard InChI is InChI=1S/C16H23N3O3/c1-12(2)10-14(20)17-8-9-18-15(21)11-19-16(22)13-6-4-3-5-7-13/h3-7,12H,8-11H2,1-2H3,(H,17,20)(H,18,21)(H,19,22). The van der Waals surface area contributed by atoms with Crippen molar-refractivity contribution < 1.29 is 14.4 Å². The molecule has 0 aliphatic carbocycles. The van der Waals surface area contributed by atoms with E-state index in [1.54, 1.807) is 24.3 Å². The third kappa shape index (κ3) is 7.42. The molecule has 120 valence electrons. The number of nitrogens with one attached hydrogen (secondary N) is 3. The highest BCUT2D eigenvalue weighted by Crippen LogP contribution is 1.98. The highest BCUT2D eigenvalue weighted by molar-refractivity contribution is 5.96. The lowest BCUT2D eigenvalue weighted by Gasteiger charge is -2.09. The van der Waals surface area contributed by atoms with E-state index >= 15 is 0 Å². The van der Waals surface area contributed by atoms with Crippen LogP contribution in [-0.4, -0.2) is 37.4 Å². The van der Waals surface area contributed by atoms with Crippen LogP contribution in [0.4, 0.5) is 0 Å². The van der Waals surface area contributed by atoms with E-state index in [0.29, 0.717) is 31.0 Å². The topological polar surface area (TPSA) is 87.3 Å². The van der Waals surface area contributed by atoms with Gasteiger partial charge in [-0.15, -0.1) is 0 Å². The van der Waals surface area contributed by atoms with Gasteiger partial charge in [-0.1, -0.05) is 32.0 Å². The second-order valence-electron chi connectivity index (χ2n) is 5.35. The third-order valence-electron chi connectivity index (χ3n) is 2.81. The van der Waals surface area contributed by atoms with Crippen molar-refractivity contribution in [1.29, 1.82) is 0 Å². The number of hydrogen-bond acceptors (Lipinski definition) is 3. The van der Waals surface area contributed by atoms with Crippen molar-refractivity contribution in [3.8, 4) is 0 Å². The Morgan fingerprint density at radius 3 is 2.09 bits per heavy atom. The Balaban J connectivity index is 2.14. The molecule has 0 saturated carbocycles. The molecule has 0 aliphatic heterocycles. The summed E-state index contributed by atoms with van der Waals surface area (Å²) in [5.74, 6) is -0.298. The van der Waals surface area contributed by atoms with Crippen molar-refractivity contribution in [3.63, 3.8) is 0 Å². The minimum absolute atomic E-state index is 0.0263. The third-order valence-corrected chi connectivity index (χ3v) is 2.81. The van der Waals surface area contributed by atoms with Crippen molar-refractivity contribution in [2.45, 2.75) is 20.3 Å². The van der Waals surface area contributed by atoms with Crippen LogP contribution in [0, 0.1) is 5.92 Å². The van der Waals surface area contributed by atoms with E-state index in [2.05, 4.69) is 16.0 Å². The maximum absolute atomic E-state index is 11.7. The summed E-state index contributed by atoms with van der Waals surface area (Å²) in [5, 5.41) is 7.89. The normalized spacial score (nSPS) is 10.1. The fraction of sp³-hybridized carbons (Fsp3) is 0.438. The molecule has 0 aliphatic rings. The molecule has 1 aromatic rings. The Labute approximate surface area is 130 Å². The molecule has 6 nitrogen and oxygen atoms in total. The van der Waals surface area contributed by atoms with Crippen LogP contribution in [0.25, 0.3) is 0 Å². The molecule has 0 spiro atoms. The second-order valence-corrected chi connectivity index (χ2v) is 5.35. The van der Waals surface area contributed by atoms with Gasteiger partial charge in [0, 0.05) is 25.1 Å². The molecule has 22 heavy (non-hydrogen) atoms. The molecule has 0 unspecified atom stereocenters. The first-order valence-electron chi connectivity index (χ1n) is 7.35. The summed E-state index contributed by atoms with van der Waals surface area (Å²) in [6, 6.07) is 8.69. The molecule has 0 aromatic heterocycles. The van der Waals surface area contributed by atoms with Crippen LogP contribution in [-0.2, 0) is 9.59 Å². The zero-order chi connectivity index (χ0) is 16.4. The number of amides is 3. The molecule has 0 saturated heterocycles. The lowest BCUT2D eigenvalue weighted by atomic mass is 10.1. The van der Waals surface area contributed by atoms with E-state index in [-0.39, 0.29) is 24.3 Å². The average molecular weight is 305 g/mol. The average Bonchev–Trinajstić information content (AvgIpc) is 2.49. The van der Waals surface area contributed by atoms with Gasteiger partial charge < -0.3 is 16.0 Å². The summed E-state index contributed by atoms with van der Waals surface area (Å²) in [4.78, 5) is 34.7. The Hall–Kier alpha value is -2.37. The summed E-state index contributed by atoms with van der Waals surface area (Å²) < 4.78 is 0. The summed E-state index contributed by atoms with van der Waals surface area (Å²) >= 11 is 0. The van der Waals surface area contributed by atoms with Gasteiger partial charge in [-0.2, -0.15) is 0 Å². The van der Waals surface area contributed by atoms with E-state index in [4.69, 9.17) is 0 Å². The van der Waals surface area contributed by atoms with Crippen LogP contribution < -0.4 is 16.0 Å². The number of rotatable bonds is 8. The van der Waals surface area contributed by atoms with Gasteiger partial charge in [-0.05, 0) is 18.1 Å². The fourth-order valence-corrected chi connectivity index (χ4v) is 1.76. The van der Waals surface area contributed by atoms with Crippen molar-refractivity contribution in [1.82, 2.24) is 16.0 Å². The molecule has 6 heteroatoms. The van der Waals surface area contributed by atoms with Crippen molar-refractivity contribution in [2.24, 2.45) is 5.92 Å². The lowest BCUT2D eigenvalue weighted by molar-refractivity contribution is -0.122. The maximum Gasteiger partial charge on any atom is 0.251 e. The number of carbonyl (C=O) groups is 3. The Kier molecular flexibility index (Phi) is 7.67. The summed E-state index contributed by atoms with van der Waals surface area (Å²) in [5.41, 5.74) is 0.510. The number of hydrogen-bond donors (Lipinski definition) is 3. The van der Waals surface area contributed by atoms with Gasteiger partial charge in [0.1, 0.15) is 0 Å². The molecular weight excluding hydrogens is 282 g/mol. The summed E-state index contributed by atoms with van der Waals surface area (Å²) in [7, 11) is 0. The molecule has 0 radical (unpaired) electrons. The first-order valence-corrected chi connectivity index (χ1v) is 7.35. The van der Waals surface area contributed by atoms with Gasteiger partial charge in [0.05, 0.1) is 6.54 Å². The van der Waals surface area contributed by atoms with E-state index < -0.39 is 0 Å². The molecule has 0 atom stereocenters. The quantitative estimate of drug-likeness (QED) is 0.618. The smallest absolute Gasteiger partial charge is 0.251 e. The van der Waals surface area contributed by atoms with Gasteiger partial charge >= 0.3 is 0 Å². The zero-order valence-electron chi connectivity index (χ0n) is 13.0. The van der Waals surface area contributed by atoms with E-state index in [1.165, 1.54) is 0 Å². The van der Waals surface area contributed by atoms with Crippen LogP contribution in [0.3, 0.4) is 0 Å². The highest BCUT2D eigenvalue weighted by Gasteiger charge is 2.07. The molecule has 0 fully saturated rings. The molecular formula is C16H23N3O3. The molecule has 3 amide bonds. The molecule has 1 rings (SSSR count). The monoisotopic (exact) mass is 305 g/mol. The van der Waals surface area contributed by atoms with E-state index in [9.17, 15) is 14.4 Å². The van der Waals surface area contributed by atoms with Gasteiger partial charge in [0.25, 0.3) is 5.91 Å². The van der Waals surface area contributed by atoms with Crippen LogP contribution in [0.15, 0.2) is 30.3 Å². The van der Waals surface area contributed by atoms with Gasteiger partial charge in [0.2, 0.25) is 11.8 Å². The maximum atomic E-state index is 11.7. The minimum Gasteiger partial charge on any atom is -0.354 e. The first kappa shape index (κ1) is 17.7. The van der Waals surface area contributed by atoms with Crippen LogP contribution >= 0.6 is 0 Å². The van der Waals surface area contributed by atoms with Crippen molar-refractivity contribution in [2.75, 3.05) is 19.6 Å². The predicted molar refractivity (Wildman–Crippen MR) is 84.2 cm³/mol. The first-order chi connectivity index (χ1) is 10.5. The summed E-state index contributed by atoms with van der Waals surface area (Å²) in [6.45, 7) is 4.56. The SMILES string of the molecule is CC(C)CC(=O)NCCNC(=O)CNC(=O)c1ccccc1. The van der Waals surface area contributed by atoms with Crippen molar-refractivity contribution >= 4 is 17.7 Å². The number of carbonyl (C=O) groups excluding carboxylic acids is 3. The Bertz CT molecular complexity index is 501. The second kappa shape index (κ2) is 9.55. The zero-order valence-corrected chi connectivity index (χ0v) is 13.0. The van der Waals surface area contributed by atoms with Gasteiger partial charge in [0.15, 0.2) is 0 Å². The molecule has 0 heterocycles. The van der Waals surface area contributed by atoms with Crippen LogP contribution in [0.1, 0.15) is 30.6 Å². The van der Waals surface area contributed by atoms with Gasteiger partial charge in [-0.3, -0.25) is 14.4 Å². The van der Waals surface area contributed by atoms with Crippen molar-refractivity contribution in [3.05, 3.63) is 35.9 Å². The summed E-state index contributed by atoms with van der Waals surface area (Å²) in [6.07, 6.45) is 0.473. The number of benzene rings is 1. The minimum atomic E-state index is -0.291.